The average Bonchev–Trinajstić information content (AvgIpc) is 2.73. The van der Waals surface area contributed by atoms with Gasteiger partial charge in [-0.2, -0.15) is 11.8 Å². The van der Waals surface area contributed by atoms with Crippen LogP contribution in [0, 0.1) is 0 Å². The third-order valence-corrected chi connectivity index (χ3v) is 13.1. The smallest absolute Gasteiger partial charge is 0.0890 e. The van der Waals surface area contributed by atoms with Crippen molar-refractivity contribution in [2.75, 3.05) is 68.6 Å². The van der Waals surface area contributed by atoms with Crippen molar-refractivity contribution in [3.63, 3.8) is 0 Å². The molecular formula is C23H51NO2P2S. The largest absolute Gasteiger partial charge is 0.324 e. The topological polar surface area (TPSA) is 37.4 Å². The van der Waals surface area contributed by atoms with Gasteiger partial charge in [0, 0.05) is 62.4 Å². The standard InChI is InChI=1S/C23H51NO2P2S/c1-6-10-17-27(25,18-11-7-2)21-14-24(16-23-29-5)15-22-28(26,19-12-8-3)20-13-9-4/h6-23H2,1-5H3. The van der Waals surface area contributed by atoms with Gasteiger partial charge in [-0.15, -0.1) is 0 Å². The van der Waals surface area contributed by atoms with Crippen molar-refractivity contribution >= 4 is 26.0 Å². The Kier molecular flexibility index (Phi) is 18.8. The Bertz CT molecular complexity index is 412. The summed E-state index contributed by atoms with van der Waals surface area (Å²) in [6.07, 6.45) is 16.4. The van der Waals surface area contributed by atoms with Crippen LogP contribution in [0.4, 0.5) is 0 Å². The lowest BCUT2D eigenvalue weighted by Crippen LogP contribution is -2.32. The van der Waals surface area contributed by atoms with Crippen LogP contribution >= 0.6 is 26.0 Å². The Morgan fingerprint density at radius 2 is 0.931 bits per heavy atom. The lowest BCUT2D eigenvalue weighted by Gasteiger charge is -2.27. The van der Waals surface area contributed by atoms with Gasteiger partial charge in [-0.05, 0) is 31.9 Å². The molecule has 0 aliphatic heterocycles. The molecule has 0 atom stereocenters. The Hall–Kier alpha value is 0.770. The fourth-order valence-electron chi connectivity index (χ4n) is 3.66. The number of nitrogens with zero attached hydrogens (tertiary/aromatic N) is 1. The van der Waals surface area contributed by atoms with Crippen LogP contribution in [0.1, 0.15) is 79.1 Å². The molecule has 0 rings (SSSR count). The molecule has 0 heterocycles. The summed E-state index contributed by atoms with van der Waals surface area (Å²) in [6.45, 7) is 11.7. The molecule has 0 aromatic carbocycles. The number of thioether (sulfide) groups is 1. The predicted octanol–water partition coefficient (Wildman–Crippen LogP) is 7.58. The molecule has 0 fully saturated rings. The van der Waals surface area contributed by atoms with Gasteiger partial charge < -0.3 is 14.0 Å². The van der Waals surface area contributed by atoms with Crippen LogP contribution < -0.4 is 0 Å². The monoisotopic (exact) mass is 467 g/mol. The zero-order valence-electron chi connectivity index (χ0n) is 20.3. The number of unbranched alkanes of at least 4 members (excludes halogenated alkanes) is 4. The molecule has 0 amide bonds. The zero-order chi connectivity index (χ0) is 22.0. The van der Waals surface area contributed by atoms with Crippen LogP contribution in [0.2, 0.25) is 0 Å². The summed E-state index contributed by atoms with van der Waals surface area (Å²) in [6, 6.07) is 0. The number of hydrogen-bond acceptors (Lipinski definition) is 4. The van der Waals surface area contributed by atoms with Crippen molar-refractivity contribution in [1.29, 1.82) is 0 Å². The van der Waals surface area contributed by atoms with Gasteiger partial charge >= 0.3 is 0 Å². The minimum absolute atomic E-state index is 0.857. The zero-order valence-corrected chi connectivity index (χ0v) is 22.9. The molecule has 0 N–H and O–H groups in total. The fraction of sp³-hybridized carbons (Fsp3) is 1.00. The molecule has 6 heteroatoms. The van der Waals surface area contributed by atoms with Gasteiger partial charge in [-0.25, -0.2) is 0 Å². The van der Waals surface area contributed by atoms with Gasteiger partial charge in [0.2, 0.25) is 0 Å². The second-order valence-electron chi connectivity index (χ2n) is 8.71. The van der Waals surface area contributed by atoms with Crippen LogP contribution in [0.25, 0.3) is 0 Å². The molecule has 0 aliphatic carbocycles. The van der Waals surface area contributed by atoms with Gasteiger partial charge in [-0.3, -0.25) is 0 Å². The SMILES string of the molecule is CCCCP(=O)(CCCC)CCN(CCSC)CCP(=O)(CCCC)CCCC. The third kappa shape index (κ3) is 15.2. The normalized spacial score (nSPS) is 12.8. The number of rotatable bonds is 21. The Labute approximate surface area is 187 Å². The van der Waals surface area contributed by atoms with E-state index in [1.165, 1.54) is 0 Å². The first-order valence-corrected chi connectivity index (χ1v) is 18.2. The van der Waals surface area contributed by atoms with Crippen LogP contribution in [-0.4, -0.2) is 73.5 Å². The highest BCUT2D eigenvalue weighted by Crippen LogP contribution is 2.48. The fourth-order valence-corrected chi connectivity index (χ4v) is 10.3. The van der Waals surface area contributed by atoms with E-state index in [-0.39, 0.29) is 0 Å². The summed E-state index contributed by atoms with van der Waals surface area (Å²) < 4.78 is 27.0. The van der Waals surface area contributed by atoms with E-state index in [1.54, 1.807) is 0 Å². The lowest BCUT2D eigenvalue weighted by molar-refractivity contribution is 0.324. The van der Waals surface area contributed by atoms with E-state index in [0.29, 0.717) is 0 Å². The Morgan fingerprint density at radius 3 is 1.21 bits per heavy atom. The van der Waals surface area contributed by atoms with Crippen molar-refractivity contribution in [2.24, 2.45) is 0 Å². The summed E-state index contributed by atoms with van der Waals surface area (Å²) in [7, 11) is -4.11. The van der Waals surface area contributed by atoms with Gasteiger partial charge in [0.05, 0.1) is 14.3 Å². The molecule has 176 valence electrons. The second-order valence-corrected chi connectivity index (χ2v) is 16.6. The van der Waals surface area contributed by atoms with E-state index in [4.69, 9.17) is 0 Å². The first kappa shape index (κ1) is 29.8. The van der Waals surface area contributed by atoms with Crippen molar-refractivity contribution in [3.05, 3.63) is 0 Å². The molecule has 0 bridgehead atoms. The predicted molar refractivity (Wildman–Crippen MR) is 139 cm³/mol. The van der Waals surface area contributed by atoms with Gasteiger partial charge in [0.15, 0.2) is 0 Å². The van der Waals surface area contributed by atoms with Crippen LogP contribution in [-0.2, 0) is 9.13 Å². The molecule has 0 saturated heterocycles. The maximum atomic E-state index is 13.5. The minimum atomic E-state index is -2.06. The van der Waals surface area contributed by atoms with E-state index < -0.39 is 14.3 Å². The summed E-state index contributed by atoms with van der Waals surface area (Å²) in [5, 5.41) is 0. The highest BCUT2D eigenvalue weighted by Gasteiger charge is 2.24. The van der Waals surface area contributed by atoms with Crippen molar-refractivity contribution < 1.29 is 9.13 Å². The average molecular weight is 468 g/mol. The van der Waals surface area contributed by atoms with Crippen LogP contribution in [0.5, 0.6) is 0 Å². The molecule has 0 saturated carbocycles. The van der Waals surface area contributed by atoms with Gasteiger partial charge in [-0.1, -0.05) is 53.4 Å². The molecule has 0 unspecified atom stereocenters. The van der Waals surface area contributed by atoms with Crippen LogP contribution in [0.3, 0.4) is 0 Å². The highest BCUT2D eigenvalue weighted by atomic mass is 32.2. The minimum Gasteiger partial charge on any atom is -0.324 e. The van der Waals surface area contributed by atoms with Gasteiger partial charge in [0.25, 0.3) is 0 Å². The first-order valence-electron chi connectivity index (χ1n) is 12.2. The van der Waals surface area contributed by atoms with E-state index in [1.807, 2.05) is 11.8 Å². The van der Waals surface area contributed by atoms with E-state index in [9.17, 15) is 9.13 Å². The first-order chi connectivity index (χ1) is 13.9. The third-order valence-electron chi connectivity index (χ3n) is 5.94. The second kappa shape index (κ2) is 18.4. The summed E-state index contributed by atoms with van der Waals surface area (Å²) in [5.74, 6) is 1.10. The van der Waals surface area contributed by atoms with Gasteiger partial charge in [0.1, 0.15) is 0 Å². The molecule has 0 aromatic rings. The van der Waals surface area contributed by atoms with Crippen molar-refractivity contribution in [2.45, 2.75) is 79.1 Å². The maximum Gasteiger partial charge on any atom is 0.0890 e. The summed E-state index contributed by atoms with van der Waals surface area (Å²) in [4.78, 5) is 2.48. The van der Waals surface area contributed by atoms with E-state index in [2.05, 4.69) is 38.9 Å². The quantitative estimate of drug-likeness (QED) is 0.163. The molecule has 3 nitrogen and oxygen atoms in total. The molecule has 0 spiro atoms. The molecule has 0 aliphatic rings. The summed E-state index contributed by atoms with van der Waals surface area (Å²) in [5.41, 5.74) is 0. The van der Waals surface area contributed by atoms with Crippen molar-refractivity contribution in [1.82, 2.24) is 4.90 Å². The molecule has 0 radical (unpaired) electrons. The molecule has 29 heavy (non-hydrogen) atoms. The van der Waals surface area contributed by atoms with Crippen molar-refractivity contribution in [3.8, 4) is 0 Å². The Balaban J connectivity index is 4.93. The Morgan fingerprint density at radius 1 is 0.586 bits per heavy atom. The van der Waals surface area contributed by atoms with E-state index >= 15 is 0 Å². The number of hydrogen-bond donors (Lipinski definition) is 0. The molecule has 0 aromatic heterocycles. The molecular weight excluding hydrogens is 416 g/mol. The summed E-state index contributed by atoms with van der Waals surface area (Å²) >= 11 is 1.87. The lowest BCUT2D eigenvalue weighted by atomic mass is 10.4. The highest BCUT2D eigenvalue weighted by molar-refractivity contribution is 7.98. The van der Waals surface area contributed by atoms with Crippen LogP contribution in [0.15, 0.2) is 0 Å². The van der Waals surface area contributed by atoms with E-state index in [0.717, 1.165) is 114 Å². The maximum absolute atomic E-state index is 13.5.